The number of aryl methyl sites for hydroxylation is 1. The van der Waals surface area contributed by atoms with Crippen LogP contribution in [0, 0.1) is 0 Å². The maximum absolute atomic E-state index is 4.39. The van der Waals surface area contributed by atoms with Crippen LogP contribution in [0.25, 0.3) is 0 Å². The third-order valence-corrected chi connectivity index (χ3v) is 3.96. The van der Waals surface area contributed by atoms with E-state index < -0.39 is 0 Å². The molecule has 5 heteroatoms. The summed E-state index contributed by atoms with van der Waals surface area (Å²) in [5.74, 6) is 0. The monoisotopic (exact) mass is 251 g/mol. The molecule has 0 aromatic carbocycles. The smallest absolute Gasteiger partial charge is 0.0659 e. The minimum absolute atomic E-state index is 0.334. The number of piperazine rings is 1. The molecule has 0 saturated carbocycles. The molecule has 1 aromatic rings. The van der Waals surface area contributed by atoms with Crippen LogP contribution in [0.3, 0.4) is 0 Å². The largest absolute Gasteiger partial charge is 0.310 e. The van der Waals surface area contributed by atoms with E-state index in [1.165, 1.54) is 5.69 Å². The highest BCUT2D eigenvalue weighted by atomic mass is 15.3. The van der Waals surface area contributed by atoms with Crippen LogP contribution in [0.2, 0.25) is 0 Å². The molecule has 18 heavy (non-hydrogen) atoms. The van der Waals surface area contributed by atoms with Crippen molar-refractivity contribution in [1.82, 2.24) is 24.9 Å². The lowest BCUT2D eigenvalue weighted by Gasteiger charge is -2.41. The lowest BCUT2D eigenvalue weighted by Crippen LogP contribution is -2.55. The standard InChI is InChI=1S/C13H25N5/c1-5-18-11(6-7-15-18)13(14-2)12-10-16(3)8-9-17(12)4/h6-7,12-14H,5,8-10H2,1-4H3. The van der Waals surface area contributed by atoms with Crippen molar-refractivity contribution in [2.75, 3.05) is 40.8 Å². The Morgan fingerprint density at radius 2 is 2.22 bits per heavy atom. The molecule has 1 saturated heterocycles. The van der Waals surface area contributed by atoms with Crippen molar-refractivity contribution < 1.29 is 0 Å². The van der Waals surface area contributed by atoms with Crippen LogP contribution in [0.15, 0.2) is 12.3 Å². The third kappa shape index (κ3) is 2.58. The van der Waals surface area contributed by atoms with Gasteiger partial charge in [0.1, 0.15) is 0 Å². The average molecular weight is 251 g/mol. The van der Waals surface area contributed by atoms with Gasteiger partial charge in [0.25, 0.3) is 0 Å². The van der Waals surface area contributed by atoms with E-state index in [9.17, 15) is 0 Å². The van der Waals surface area contributed by atoms with Crippen molar-refractivity contribution in [3.63, 3.8) is 0 Å². The molecule has 1 N–H and O–H groups in total. The highest BCUT2D eigenvalue weighted by Crippen LogP contribution is 2.22. The number of nitrogens with one attached hydrogen (secondary N) is 1. The fourth-order valence-electron chi connectivity index (χ4n) is 2.81. The van der Waals surface area contributed by atoms with Crippen LogP contribution in [-0.4, -0.2) is 66.4 Å². The van der Waals surface area contributed by atoms with E-state index in [0.29, 0.717) is 12.1 Å². The maximum Gasteiger partial charge on any atom is 0.0659 e. The average Bonchev–Trinajstić information content (AvgIpc) is 2.83. The van der Waals surface area contributed by atoms with Crippen LogP contribution < -0.4 is 5.32 Å². The molecule has 2 rings (SSSR count). The maximum atomic E-state index is 4.39. The molecule has 1 aliphatic heterocycles. The summed E-state index contributed by atoms with van der Waals surface area (Å²) in [6.45, 7) is 6.43. The summed E-state index contributed by atoms with van der Waals surface area (Å²) in [5.41, 5.74) is 1.28. The number of rotatable bonds is 4. The zero-order chi connectivity index (χ0) is 13.1. The normalized spacial score (nSPS) is 24.3. The molecule has 0 spiro atoms. The third-order valence-electron chi connectivity index (χ3n) is 3.96. The molecule has 0 radical (unpaired) electrons. The second kappa shape index (κ2) is 5.82. The van der Waals surface area contributed by atoms with Gasteiger partial charge in [-0.3, -0.25) is 9.58 Å². The van der Waals surface area contributed by atoms with E-state index in [0.717, 1.165) is 26.2 Å². The van der Waals surface area contributed by atoms with Gasteiger partial charge in [0.15, 0.2) is 0 Å². The molecule has 2 unspecified atom stereocenters. The molecule has 1 fully saturated rings. The van der Waals surface area contributed by atoms with Crippen LogP contribution in [0.5, 0.6) is 0 Å². The van der Waals surface area contributed by atoms with Gasteiger partial charge in [-0.15, -0.1) is 0 Å². The summed E-state index contributed by atoms with van der Waals surface area (Å²) in [4.78, 5) is 4.86. The Kier molecular flexibility index (Phi) is 4.37. The summed E-state index contributed by atoms with van der Waals surface area (Å²) in [5, 5.41) is 7.86. The fourth-order valence-corrected chi connectivity index (χ4v) is 2.81. The summed E-state index contributed by atoms with van der Waals surface area (Å²) >= 11 is 0. The van der Waals surface area contributed by atoms with Crippen molar-refractivity contribution in [2.45, 2.75) is 25.6 Å². The Morgan fingerprint density at radius 1 is 1.44 bits per heavy atom. The zero-order valence-corrected chi connectivity index (χ0v) is 11.9. The van der Waals surface area contributed by atoms with Gasteiger partial charge in [0.05, 0.1) is 11.7 Å². The van der Waals surface area contributed by atoms with Crippen LogP contribution in [-0.2, 0) is 6.54 Å². The molecule has 1 aliphatic rings. The first kappa shape index (κ1) is 13.5. The van der Waals surface area contributed by atoms with Crippen LogP contribution in [0.4, 0.5) is 0 Å². The molecule has 0 aliphatic carbocycles. The Balaban J connectivity index is 2.22. The number of likely N-dealkylation sites (N-methyl/N-ethyl adjacent to an activating group) is 3. The van der Waals surface area contributed by atoms with E-state index in [1.54, 1.807) is 0 Å². The molecule has 2 heterocycles. The minimum atomic E-state index is 0.334. The summed E-state index contributed by atoms with van der Waals surface area (Å²) < 4.78 is 2.09. The Labute approximate surface area is 110 Å². The second-order valence-corrected chi connectivity index (χ2v) is 5.15. The van der Waals surface area contributed by atoms with Crippen LogP contribution in [0.1, 0.15) is 18.7 Å². The molecule has 5 nitrogen and oxygen atoms in total. The van der Waals surface area contributed by atoms with Crippen LogP contribution >= 0.6 is 0 Å². The summed E-state index contributed by atoms with van der Waals surface area (Å²) in [6, 6.07) is 2.96. The van der Waals surface area contributed by atoms with Gasteiger partial charge in [-0.2, -0.15) is 5.10 Å². The van der Waals surface area contributed by atoms with Crippen molar-refractivity contribution >= 4 is 0 Å². The molecule has 0 amide bonds. The molecule has 2 atom stereocenters. The summed E-state index contributed by atoms with van der Waals surface area (Å²) in [6.07, 6.45) is 1.90. The minimum Gasteiger partial charge on any atom is -0.310 e. The SMILES string of the molecule is CCn1nccc1C(NC)C1CN(C)CCN1C. The molecule has 102 valence electrons. The van der Waals surface area contributed by atoms with Crippen molar-refractivity contribution in [1.29, 1.82) is 0 Å². The number of aromatic nitrogens is 2. The highest BCUT2D eigenvalue weighted by Gasteiger charge is 2.31. The first-order valence-electron chi connectivity index (χ1n) is 6.75. The second-order valence-electron chi connectivity index (χ2n) is 5.15. The molecular weight excluding hydrogens is 226 g/mol. The van der Waals surface area contributed by atoms with Gasteiger partial charge in [0.2, 0.25) is 0 Å². The fraction of sp³-hybridized carbons (Fsp3) is 0.769. The number of hydrogen-bond donors (Lipinski definition) is 1. The van der Waals surface area contributed by atoms with E-state index >= 15 is 0 Å². The van der Waals surface area contributed by atoms with E-state index in [2.05, 4.69) is 52.0 Å². The van der Waals surface area contributed by atoms with Gasteiger partial charge in [-0.25, -0.2) is 0 Å². The Hall–Kier alpha value is -0.910. The van der Waals surface area contributed by atoms with Gasteiger partial charge < -0.3 is 10.2 Å². The zero-order valence-electron chi connectivity index (χ0n) is 11.9. The Bertz CT molecular complexity index is 375. The number of nitrogens with zero attached hydrogens (tertiary/aromatic N) is 4. The van der Waals surface area contributed by atoms with Crippen molar-refractivity contribution in [3.05, 3.63) is 18.0 Å². The molecule has 0 bridgehead atoms. The van der Waals surface area contributed by atoms with Crippen molar-refractivity contribution in [2.24, 2.45) is 0 Å². The topological polar surface area (TPSA) is 36.3 Å². The first-order chi connectivity index (χ1) is 8.67. The molecular formula is C13H25N5. The predicted molar refractivity (Wildman–Crippen MR) is 73.6 cm³/mol. The van der Waals surface area contributed by atoms with Gasteiger partial charge in [-0.05, 0) is 34.1 Å². The first-order valence-corrected chi connectivity index (χ1v) is 6.75. The predicted octanol–water partition coefficient (Wildman–Crippen LogP) is 0.409. The number of hydrogen-bond acceptors (Lipinski definition) is 4. The van der Waals surface area contributed by atoms with E-state index in [4.69, 9.17) is 0 Å². The Morgan fingerprint density at radius 3 is 2.89 bits per heavy atom. The quantitative estimate of drug-likeness (QED) is 0.841. The lowest BCUT2D eigenvalue weighted by molar-refractivity contribution is 0.0874. The van der Waals surface area contributed by atoms with Crippen molar-refractivity contribution in [3.8, 4) is 0 Å². The van der Waals surface area contributed by atoms with E-state index in [-0.39, 0.29) is 0 Å². The van der Waals surface area contributed by atoms with Gasteiger partial charge in [0, 0.05) is 38.4 Å². The van der Waals surface area contributed by atoms with Gasteiger partial charge >= 0.3 is 0 Å². The molecule has 1 aromatic heterocycles. The van der Waals surface area contributed by atoms with Gasteiger partial charge in [-0.1, -0.05) is 0 Å². The van der Waals surface area contributed by atoms with E-state index in [1.807, 2.05) is 13.2 Å². The lowest BCUT2D eigenvalue weighted by atomic mass is 10.0. The highest BCUT2D eigenvalue weighted by molar-refractivity contribution is 5.11. The summed E-state index contributed by atoms with van der Waals surface area (Å²) in [7, 11) is 6.46.